The minimum Gasteiger partial charge on any atom is -0.480 e. The zero-order chi connectivity index (χ0) is 12.7. The van der Waals surface area contributed by atoms with Crippen molar-refractivity contribution in [2.75, 3.05) is 0 Å². The molecule has 4 rings (SSSR count). The smallest absolute Gasteiger partial charge is 0.321 e. The quantitative estimate of drug-likeness (QED) is 0.726. The third-order valence-corrected chi connectivity index (χ3v) is 5.25. The summed E-state index contributed by atoms with van der Waals surface area (Å²) in [6, 6.07) is -0.358. The average molecular weight is 251 g/mol. The normalized spacial score (nSPS) is 42.8. The highest BCUT2D eigenvalue weighted by atomic mass is 16.4. The molecule has 18 heavy (non-hydrogen) atoms. The van der Waals surface area contributed by atoms with Crippen molar-refractivity contribution in [3.8, 4) is 0 Å². The third kappa shape index (κ3) is 2.07. The molecular weight excluding hydrogens is 230 g/mol. The number of rotatable bonds is 5. The number of carboxylic acids is 1. The summed E-state index contributed by atoms with van der Waals surface area (Å²) >= 11 is 0. The molecule has 0 radical (unpaired) electrons. The summed E-state index contributed by atoms with van der Waals surface area (Å²) in [4.78, 5) is 21.7. The summed E-state index contributed by atoms with van der Waals surface area (Å²) in [5, 5.41) is 12.4. The van der Waals surface area contributed by atoms with Gasteiger partial charge < -0.3 is 15.2 Å². The van der Waals surface area contributed by atoms with Crippen molar-refractivity contribution in [1.82, 2.24) is 5.32 Å². The van der Waals surface area contributed by atoms with Gasteiger partial charge >= 0.3 is 5.97 Å². The van der Waals surface area contributed by atoms with Crippen LogP contribution in [0.2, 0.25) is 0 Å². The lowest BCUT2D eigenvalue weighted by molar-refractivity contribution is -0.141. The Kier molecular flexibility index (Phi) is 3.14. The second-order valence-electron chi connectivity index (χ2n) is 6.42. The molecule has 100 valence electrons. The van der Waals surface area contributed by atoms with Crippen LogP contribution in [0, 0.1) is 23.7 Å². The van der Waals surface area contributed by atoms with Gasteiger partial charge in [0.25, 0.3) is 0 Å². The summed E-state index contributed by atoms with van der Waals surface area (Å²) in [6.45, 7) is 0. The molecular formula is C14H21NO3. The van der Waals surface area contributed by atoms with E-state index in [9.17, 15) is 9.59 Å². The number of carbonyl (C=O) groups excluding carboxylic acids is 1. The number of hydrogen-bond acceptors (Lipinski definition) is 3. The van der Waals surface area contributed by atoms with Crippen molar-refractivity contribution in [2.24, 2.45) is 23.7 Å². The van der Waals surface area contributed by atoms with Gasteiger partial charge in [-0.15, -0.1) is 0 Å². The van der Waals surface area contributed by atoms with E-state index in [0.29, 0.717) is 24.2 Å². The van der Waals surface area contributed by atoms with Crippen molar-refractivity contribution < 1.29 is 14.7 Å². The van der Waals surface area contributed by atoms with Crippen LogP contribution >= 0.6 is 0 Å². The van der Waals surface area contributed by atoms with Gasteiger partial charge in [0.15, 0.2) is 0 Å². The maximum atomic E-state index is 11.1. The molecule has 4 saturated carbocycles. The first-order valence-corrected chi connectivity index (χ1v) is 7.10. The third-order valence-electron chi connectivity index (χ3n) is 5.25. The predicted octanol–water partition coefficient (Wildman–Crippen LogP) is 1.44. The standard InChI is InChI=1S/C14H21NO3/c16-2-1-12(14(17)18)15-13-10-4-8-3-9(6-10)7-11(13)5-8/h2,8-13,15H,1,3-7H2,(H,17,18). The fourth-order valence-corrected chi connectivity index (χ4v) is 4.77. The van der Waals surface area contributed by atoms with Gasteiger partial charge in [-0.05, 0) is 55.8 Å². The van der Waals surface area contributed by atoms with Crippen LogP contribution in [0.3, 0.4) is 0 Å². The Morgan fingerprint density at radius 1 is 1.17 bits per heavy atom. The van der Waals surface area contributed by atoms with E-state index >= 15 is 0 Å². The van der Waals surface area contributed by atoms with Crippen LogP contribution in [0.15, 0.2) is 0 Å². The van der Waals surface area contributed by atoms with Crippen molar-refractivity contribution >= 4 is 12.3 Å². The van der Waals surface area contributed by atoms with Crippen molar-refractivity contribution in [3.05, 3.63) is 0 Å². The summed E-state index contributed by atoms with van der Waals surface area (Å²) in [6.07, 6.45) is 7.24. The Hall–Kier alpha value is -0.900. The Bertz CT molecular complexity index is 327. The highest BCUT2D eigenvalue weighted by Gasteiger charge is 2.48. The van der Waals surface area contributed by atoms with Crippen LogP contribution in [0.4, 0.5) is 0 Å². The van der Waals surface area contributed by atoms with Crippen LogP contribution in [0.1, 0.15) is 38.5 Å². The number of aliphatic carboxylic acids is 1. The first-order chi connectivity index (χ1) is 8.67. The number of hydrogen-bond donors (Lipinski definition) is 2. The van der Waals surface area contributed by atoms with Crippen molar-refractivity contribution in [3.63, 3.8) is 0 Å². The lowest BCUT2D eigenvalue weighted by Crippen LogP contribution is -2.58. The van der Waals surface area contributed by atoms with E-state index in [2.05, 4.69) is 5.32 Å². The average Bonchev–Trinajstić information content (AvgIpc) is 2.31. The van der Waals surface area contributed by atoms with E-state index in [1.165, 1.54) is 32.1 Å². The highest BCUT2D eigenvalue weighted by molar-refractivity contribution is 5.77. The zero-order valence-electron chi connectivity index (χ0n) is 10.5. The van der Waals surface area contributed by atoms with Crippen LogP contribution in [-0.2, 0) is 9.59 Å². The van der Waals surface area contributed by atoms with Gasteiger partial charge in [0.05, 0.1) is 0 Å². The Morgan fingerprint density at radius 3 is 2.17 bits per heavy atom. The number of nitrogens with one attached hydrogen (secondary N) is 1. The Balaban J connectivity index is 1.69. The predicted molar refractivity (Wildman–Crippen MR) is 66.1 cm³/mol. The molecule has 0 amide bonds. The molecule has 0 aromatic heterocycles. The fraction of sp³-hybridized carbons (Fsp3) is 0.857. The molecule has 0 saturated heterocycles. The van der Waals surface area contributed by atoms with Gasteiger partial charge in [0, 0.05) is 12.5 Å². The molecule has 2 N–H and O–H groups in total. The van der Waals surface area contributed by atoms with Crippen molar-refractivity contribution in [1.29, 1.82) is 0 Å². The molecule has 0 aromatic carbocycles. The number of carboxylic acid groups (broad SMARTS) is 1. The molecule has 4 fully saturated rings. The molecule has 0 aromatic rings. The topological polar surface area (TPSA) is 66.4 Å². The summed E-state index contributed by atoms with van der Waals surface area (Å²) in [5.41, 5.74) is 0. The first kappa shape index (κ1) is 12.2. The van der Waals surface area contributed by atoms with E-state index in [1.54, 1.807) is 0 Å². The molecule has 4 heteroatoms. The van der Waals surface area contributed by atoms with Crippen LogP contribution in [0.25, 0.3) is 0 Å². The van der Waals surface area contributed by atoms with E-state index in [0.717, 1.165) is 11.8 Å². The van der Waals surface area contributed by atoms with Crippen LogP contribution in [0.5, 0.6) is 0 Å². The summed E-state index contributed by atoms with van der Waals surface area (Å²) in [5.74, 6) is 2.18. The maximum Gasteiger partial charge on any atom is 0.321 e. The van der Waals surface area contributed by atoms with Gasteiger partial charge in [-0.2, -0.15) is 0 Å². The lowest BCUT2D eigenvalue weighted by atomic mass is 9.54. The van der Waals surface area contributed by atoms with Crippen molar-refractivity contribution in [2.45, 2.75) is 50.6 Å². The van der Waals surface area contributed by atoms with E-state index in [-0.39, 0.29) is 6.42 Å². The molecule has 0 spiro atoms. The maximum absolute atomic E-state index is 11.1. The zero-order valence-corrected chi connectivity index (χ0v) is 10.5. The molecule has 4 aliphatic rings. The van der Waals surface area contributed by atoms with Crippen LogP contribution < -0.4 is 5.32 Å². The monoisotopic (exact) mass is 251 g/mol. The highest BCUT2D eigenvalue weighted by Crippen LogP contribution is 2.53. The number of aldehydes is 1. The molecule has 4 nitrogen and oxygen atoms in total. The SMILES string of the molecule is O=CCC(NC1C2CC3CC(C2)CC1C3)C(=O)O. The Morgan fingerprint density at radius 2 is 1.72 bits per heavy atom. The Labute approximate surface area is 107 Å². The van der Waals surface area contributed by atoms with E-state index < -0.39 is 12.0 Å². The summed E-state index contributed by atoms with van der Waals surface area (Å²) < 4.78 is 0. The molecule has 4 aliphatic carbocycles. The molecule has 0 heterocycles. The second kappa shape index (κ2) is 4.65. The lowest BCUT2D eigenvalue weighted by Gasteiger charge is -2.55. The second-order valence-corrected chi connectivity index (χ2v) is 6.42. The summed E-state index contributed by atoms with van der Waals surface area (Å²) in [7, 11) is 0. The van der Waals surface area contributed by atoms with Gasteiger partial charge in [0.2, 0.25) is 0 Å². The first-order valence-electron chi connectivity index (χ1n) is 7.10. The minimum absolute atomic E-state index is 0.0815. The van der Waals surface area contributed by atoms with Gasteiger partial charge in [-0.3, -0.25) is 4.79 Å². The number of carbonyl (C=O) groups is 2. The van der Waals surface area contributed by atoms with Crippen LogP contribution in [-0.4, -0.2) is 29.4 Å². The van der Waals surface area contributed by atoms with Gasteiger partial charge in [-0.1, -0.05) is 0 Å². The molecule has 4 bridgehead atoms. The van der Waals surface area contributed by atoms with E-state index in [4.69, 9.17) is 5.11 Å². The molecule has 1 unspecified atom stereocenters. The van der Waals surface area contributed by atoms with Gasteiger partial charge in [0.1, 0.15) is 12.3 Å². The minimum atomic E-state index is -0.893. The molecule has 1 atom stereocenters. The van der Waals surface area contributed by atoms with E-state index in [1.807, 2.05) is 0 Å². The van der Waals surface area contributed by atoms with Gasteiger partial charge in [-0.25, -0.2) is 0 Å². The largest absolute Gasteiger partial charge is 0.480 e. The molecule has 0 aliphatic heterocycles. The fourth-order valence-electron chi connectivity index (χ4n) is 4.77.